The highest BCUT2D eigenvalue weighted by Gasteiger charge is 2.01. The van der Waals surface area contributed by atoms with Gasteiger partial charge in [-0.1, -0.05) is 36.4 Å². The van der Waals surface area contributed by atoms with Gasteiger partial charge < -0.3 is 10.5 Å². The molecule has 0 fully saturated rings. The molecule has 104 valence electrons. The van der Waals surface area contributed by atoms with Crippen LogP contribution in [0.1, 0.15) is 18.9 Å². The van der Waals surface area contributed by atoms with E-state index < -0.39 is 0 Å². The van der Waals surface area contributed by atoms with E-state index in [2.05, 4.69) is 4.98 Å². The average Bonchev–Trinajstić information content (AvgIpc) is 2.86. The monoisotopic (exact) mass is 288 g/mol. The molecule has 0 aliphatic heterocycles. The smallest absolute Gasteiger partial charge is 0.309 e. The Bertz CT molecular complexity index is 603. The SMILES string of the molecule is CCOC(=O)CC=Cc1ccc(-c2csc(N)n2)cc1. The third-order valence-corrected chi connectivity index (χ3v) is 3.30. The number of benzene rings is 1. The van der Waals surface area contributed by atoms with Crippen LogP contribution in [0.3, 0.4) is 0 Å². The predicted molar refractivity (Wildman–Crippen MR) is 82.2 cm³/mol. The molecule has 0 atom stereocenters. The molecular formula is C15H16N2O2S. The lowest BCUT2D eigenvalue weighted by Gasteiger charge is -1.99. The van der Waals surface area contributed by atoms with Crippen LogP contribution in [-0.2, 0) is 9.53 Å². The molecule has 0 unspecified atom stereocenters. The Morgan fingerprint density at radius 3 is 2.75 bits per heavy atom. The van der Waals surface area contributed by atoms with Crippen LogP contribution in [0.4, 0.5) is 5.13 Å². The lowest BCUT2D eigenvalue weighted by atomic mass is 10.1. The summed E-state index contributed by atoms with van der Waals surface area (Å²) in [6.45, 7) is 2.21. The van der Waals surface area contributed by atoms with Gasteiger partial charge in [0.05, 0.1) is 18.7 Å². The van der Waals surface area contributed by atoms with Gasteiger partial charge in [-0.05, 0) is 12.5 Å². The summed E-state index contributed by atoms with van der Waals surface area (Å²) in [5.74, 6) is -0.210. The third-order valence-electron chi connectivity index (χ3n) is 2.63. The lowest BCUT2D eigenvalue weighted by molar-refractivity contribution is -0.142. The minimum atomic E-state index is -0.210. The third kappa shape index (κ3) is 3.93. The second-order valence-electron chi connectivity index (χ2n) is 4.10. The molecule has 1 heterocycles. The molecule has 20 heavy (non-hydrogen) atoms. The molecule has 0 spiro atoms. The second kappa shape index (κ2) is 6.86. The van der Waals surface area contributed by atoms with Gasteiger partial charge in [0.1, 0.15) is 0 Å². The number of carbonyl (C=O) groups is 1. The maximum Gasteiger partial charge on any atom is 0.309 e. The molecule has 2 rings (SSSR count). The maximum atomic E-state index is 11.2. The minimum Gasteiger partial charge on any atom is -0.466 e. The van der Waals surface area contributed by atoms with Crippen molar-refractivity contribution in [2.24, 2.45) is 0 Å². The standard InChI is InChI=1S/C15H16N2O2S/c1-2-19-14(18)5-3-4-11-6-8-12(9-7-11)13-10-20-15(16)17-13/h3-4,6-10H,2,5H2,1H3,(H2,16,17). The Balaban J connectivity index is 1.98. The summed E-state index contributed by atoms with van der Waals surface area (Å²) in [6, 6.07) is 7.93. The first-order valence-corrected chi connectivity index (χ1v) is 7.20. The van der Waals surface area contributed by atoms with Crippen molar-refractivity contribution in [1.82, 2.24) is 4.98 Å². The second-order valence-corrected chi connectivity index (χ2v) is 4.99. The van der Waals surface area contributed by atoms with Crippen molar-refractivity contribution in [1.29, 1.82) is 0 Å². The van der Waals surface area contributed by atoms with E-state index in [-0.39, 0.29) is 12.4 Å². The molecule has 0 saturated heterocycles. The number of carbonyl (C=O) groups excluding carboxylic acids is 1. The predicted octanol–water partition coefficient (Wildman–Crippen LogP) is 3.36. The van der Waals surface area contributed by atoms with Crippen molar-refractivity contribution in [3.8, 4) is 11.3 Å². The highest BCUT2D eigenvalue weighted by molar-refractivity contribution is 7.13. The molecule has 5 heteroatoms. The molecule has 1 aromatic carbocycles. The first-order valence-electron chi connectivity index (χ1n) is 6.32. The molecule has 2 N–H and O–H groups in total. The number of ether oxygens (including phenoxy) is 1. The number of aromatic nitrogens is 1. The van der Waals surface area contributed by atoms with Crippen LogP contribution in [0.2, 0.25) is 0 Å². The normalized spacial score (nSPS) is 10.8. The molecule has 4 nitrogen and oxygen atoms in total. The van der Waals surface area contributed by atoms with Gasteiger partial charge in [0.25, 0.3) is 0 Å². The van der Waals surface area contributed by atoms with Gasteiger partial charge in [0, 0.05) is 10.9 Å². The van der Waals surface area contributed by atoms with Gasteiger partial charge in [-0.2, -0.15) is 0 Å². The van der Waals surface area contributed by atoms with E-state index >= 15 is 0 Å². The van der Waals surface area contributed by atoms with Gasteiger partial charge in [-0.15, -0.1) is 11.3 Å². The van der Waals surface area contributed by atoms with Crippen molar-refractivity contribution < 1.29 is 9.53 Å². The fraction of sp³-hybridized carbons (Fsp3) is 0.200. The first-order chi connectivity index (χ1) is 9.69. The average molecular weight is 288 g/mol. The summed E-state index contributed by atoms with van der Waals surface area (Å²) < 4.78 is 4.85. The molecule has 0 aliphatic carbocycles. The van der Waals surface area contributed by atoms with Crippen LogP contribution in [0, 0.1) is 0 Å². The number of rotatable bonds is 5. The lowest BCUT2D eigenvalue weighted by Crippen LogP contribution is -2.01. The summed E-state index contributed by atoms with van der Waals surface area (Å²) in [5, 5.41) is 2.50. The van der Waals surface area contributed by atoms with Crippen LogP contribution >= 0.6 is 11.3 Å². The number of nitrogen functional groups attached to an aromatic ring is 1. The van der Waals surface area contributed by atoms with Crippen LogP contribution < -0.4 is 5.73 Å². The molecule has 0 amide bonds. The summed E-state index contributed by atoms with van der Waals surface area (Å²) in [4.78, 5) is 15.4. The number of anilines is 1. The molecular weight excluding hydrogens is 272 g/mol. The number of hydrogen-bond donors (Lipinski definition) is 1. The van der Waals surface area contributed by atoms with Gasteiger partial charge in [-0.3, -0.25) is 4.79 Å². The quantitative estimate of drug-likeness (QED) is 0.857. The van der Waals surface area contributed by atoms with Crippen molar-refractivity contribution in [2.75, 3.05) is 12.3 Å². The minimum absolute atomic E-state index is 0.210. The van der Waals surface area contributed by atoms with E-state index in [0.717, 1.165) is 16.8 Å². The number of hydrogen-bond acceptors (Lipinski definition) is 5. The van der Waals surface area contributed by atoms with E-state index in [1.807, 2.05) is 35.7 Å². The zero-order valence-corrected chi connectivity index (χ0v) is 12.0. The summed E-state index contributed by atoms with van der Waals surface area (Å²) in [6.07, 6.45) is 3.99. The maximum absolute atomic E-state index is 11.2. The van der Waals surface area contributed by atoms with Crippen molar-refractivity contribution >= 4 is 28.5 Å². The number of nitrogens with two attached hydrogens (primary N) is 1. The summed E-state index contributed by atoms with van der Waals surface area (Å²) in [5.41, 5.74) is 8.56. The molecule has 0 radical (unpaired) electrons. The first kappa shape index (κ1) is 14.3. The van der Waals surface area contributed by atoms with Crippen LogP contribution in [0.25, 0.3) is 17.3 Å². The Kier molecular flexibility index (Phi) is 4.90. The summed E-state index contributed by atoms with van der Waals surface area (Å²) in [7, 11) is 0. The van der Waals surface area contributed by atoms with E-state index in [4.69, 9.17) is 10.5 Å². The zero-order valence-electron chi connectivity index (χ0n) is 11.2. The van der Waals surface area contributed by atoms with Crippen LogP contribution in [0.15, 0.2) is 35.7 Å². The van der Waals surface area contributed by atoms with Crippen LogP contribution in [-0.4, -0.2) is 17.6 Å². The fourth-order valence-electron chi connectivity index (χ4n) is 1.70. The van der Waals surface area contributed by atoms with Gasteiger partial charge >= 0.3 is 5.97 Å². The van der Waals surface area contributed by atoms with Crippen LogP contribution in [0.5, 0.6) is 0 Å². The Hall–Kier alpha value is -2.14. The molecule has 0 bridgehead atoms. The highest BCUT2D eigenvalue weighted by Crippen LogP contribution is 2.23. The number of nitrogens with zero attached hydrogens (tertiary/aromatic N) is 1. The van der Waals surface area contributed by atoms with E-state index in [1.165, 1.54) is 11.3 Å². The van der Waals surface area contributed by atoms with Gasteiger partial charge in [-0.25, -0.2) is 4.98 Å². The highest BCUT2D eigenvalue weighted by atomic mass is 32.1. The fourth-order valence-corrected chi connectivity index (χ4v) is 2.27. The van der Waals surface area contributed by atoms with Crippen molar-refractivity contribution in [3.05, 3.63) is 41.3 Å². The molecule has 0 aliphatic rings. The van der Waals surface area contributed by atoms with Gasteiger partial charge in [0.15, 0.2) is 5.13 Å². The Labute approximate surface area is 121 Å². The Morgan fingerprint density at radius 2 is 2.15 bits per heavy atom. The van der Waals surface area contributed by atoms with E-state index in [0.29, 0.717) is 11.7 Å². The Morgan fingerprint density at radius 1 is 1.40 bits per heavy atom. The molecule has 2 aromatic rings. The zero-order chi connectivity index (χ0) is 14.4. The molecule has 0 saturated carbocycles. The number of esters is 1. The van der Waals surface area contributed by atoms with Gasteiger partial charge in [0.2, 0.25) is 0 Å². The summed E-state index contributed by atoms with van der Waals surface area (Å²) >= 11 is 1.43. The largest absolute Gasteiger partial charge is 0.466 e. The topological polar surface area (TPSA) is 65.2 Å². The van der Waals surface area contributed by atoms with E-state index in [1.54, 1.807) is 13.0 Å². The van der Waals surface area contributed by atoms with Crippen molar-refractivity contribution in [3.63, 3.8) is 0 Å². The van der Waals surface area contributed by atoms with E-state index in [9.17, 15) is 4.79 Å². The number of thiazole rings is 1. The molecule has 1 aromatic heterocycles. The van der Waals surface area contributed by atoms with Crippen molar-refractivity contribution in [2.45, 2.75) is 13.3 Å².